The van der Waals surface area contributed by atoms with Gasteiger partial charge in [0, 0.05) is 24.7 Å². The summed E-state index contributed by atoms with van der Waals surface area (Å²) in [5, 5.41) is 7.37. The normalized spacial score (nSPS) is 25.7. The van der Waals surface area contributed by atoms with E-state index in [1.165, 1.54) is 18.4 Å². The van der Waals surface area contributed by atoms with E-state index in [9.17, 15) is 4.79 Å². The number of hydrogen-bond acceptors (Lipinski definition) is 6. The number of fused-ring (bicyclic) bond motifs is 3. The zero-order valence-electron chi connectivity index (χ0n) is 13.5. The Kier molecular flexibility index (Phi) is 3.00. The summed E-state index contributed by atoms with van der Waals surface area (Å²) in [6.07, 6.45) is 2.63. The zero-order chi connectivity index (χ0) is 16.3. The van der Waals surface area contributed by atoms with Crippen molar-refractivity contribution in [2.45, 2.75) is 37.8 Å². The van der Waals surface area contributed by atoms with Crippen LogP contribution in [-0.2, 0) is 4.79 Å². The molecule has 1 saturated heterocycles. The fraction of sp³-hybridized carbons (Fsp3) is 0.529. The van der Waals surface area contributed by atoms with Crippen molar-refractivity contribution in [3.63, 3.8) is 0 Å². The van der Waals surface area contributed by atoms with Gasteiger partial charge in [0.2, 0.25) is 0 Å². The molecule has 1 aliphatic carbocycles. The molecule has 1 amide bonds. The van der Waals surface area contributed by atoms with E-state index < -0.39 is 0 Å². The lowest BCUT2D eigenvalue weighted by Crippen LogP contribution is -2.55. The first-order valence-electron chi connectivity index (χ1n) is 8.54. The highest BCUT2D eigenvalue weighted by molar-refractivity contribution is 6.09. The monoisotopic (exact) mass is 328 g/mol. The molecule has 2 fully saturated rings. The molecule has 2 N–H and O–H groups in total. The lowest BCUT2D eigenvalue weighted by molar-refractivity contribution is -0.122. The van der Waals surface area contributed by atoms with Crippen LogP contribution in [0.25, 0.3) is 0 Å². The second-order valence-electron chi connectivity index (χ2n) is 6.87. The molecule has 126 valence electrons. The summed E-state index contributed by atoms with van der Waals surface area (Å²) in [6, 6.07) is 3.82. The molecule has 1 aromatic carbocycles. The highest BCUT2D eigenvalue weighted by Crippen LogP contribution is 2.49. The summed E-state index contributed by atoms with van der Waals surface area (Å²) in [6.45, 7) is 4.01. The molecule has 0 aromatic heterocycles. The van der Waals surface area contributed by atoms with Gasteiger partial charge >= 0.3 is 0 Å². The first-order valence-corrected chi connectivity index (χ1v) is 8.54. The molecule has 7 heteroatoms. The molecule has 0 radical (unpaired) electrons. The van der Waals surface area contributed by atoms with Crippen molar-refractivity contribution in [3.8, 4) is 11.5 Å². The van der Waals surface area contributed by atoms with Gasteiger partial charge in [0.25, 0.3) is 5.91 Å². The van der Waals surface area contributed by atoms with E-state index in [0.29, 0.717) is 12.5 Å². The first kappa shape index (κ1) is 14.1. The van der Waals surface area contributed by atoms with Crippen LogP contribution in [-0.4, -0.2) is 43.6 Å². The molecular formula is C17H20N4O3. The van der Waals surface area contributed by atoms with Gasteiger partial charge in [-0.05, 0) is 31.7 Å². The number of hydrogen-bond donors (Lipinski definition) is 2. The van der Waals surface area contributed by atoms with Crippen molar-refractivity contribution >= 4 is 17.4 Å². The Morgan fingerprint density at radius 1 is 1.33 bits per heavy atom. The van der Waals surface area contributed by atoms with E-state index in [2.05, 4.69) is 21.9 Å². The third-order valence-corrected chi connectivity index (χ3v) is 5.10. The summed E-state index contributed by atoms with van der Waals surface area (Å²) < 4.78 is 12.1. The van der Waals surface area contributed by atoms with Crippen molar-refractivity contribution in [3.05, 3.63) is 17.7 Å². The summed E-state index contributed by atoms with van der Waals surface area (Å²) in [5.74, 6) is 2.93. The second kappa shape index (κ2) is 5.11. The minimum atomic E-state index is -0.315. The van der Waals surface area contributed by atoms with E-state index >= 15 is 0 Å². The van der Waals surface area contributed by atoms with Crippen LogP contribution in [0.4, 0.5) is 5.69 Å². The van der Waals surface area contributed by atoms with Crippen molar-refractivity contribution in [2.75, 3.05) is 24.6 Å². The topological polar surface area (TPSA) is 75.2 Å². The predicted molar refractivity (Wildman–Crippen MR) is 88.7 cm³/mol. The molecule has 1 unspecified atom stereocenters. The number of nitrogens with one attached hydrogen (secondary N) is 2. The fourth-order valence-corrected chi connectivity index (χ4v) is 3.41. The van der Waals surface area contributed by atoms with Gasteiger partial charge in [-0.2, -0.15) is 5.10 Å². The van der Waals surface area contributed by atoms with Crippen LogP contribution in [0.15, 0.2) is 17.2 Å². The van der Waals surface area contributed by atoms with Crippen molar-refractivity contribution in [2.24, 2.45) is 5.10 Å². The zero-order valence-corrected chi connectivity index (χ0v) is 13.5. The van der Waals surface area contributed by atoms with Crippen LogP contribution in [0.1, 0.15) is 31.2 Å². The lowest BCUT2D eigenvalue weighted by Gasteiger charge is -2.39. The van der Waals surface area contributed by atoms with E-state index in [0.717, 1.165) is 36.1 Å². The molecule has 0 spiro atoms. The number of rotatable bonds is 3. The maximum absolute atomic E-state index is 12.0. The van der Waals surface area contributed by atoms with Crippen LogP contribution in [0.5, 0.6) is 11.5 Å². The molecule has 4 aliphatic rings. The van der Waals surface area contributed by atoms with Crippen LogP contribution >= 0.6 is 0 Å². The number of amidine groups is 1. The van der Waals surface area contributed by atoms with Crippen molar-refractivity contribution in [1.82, 2.24) is 10.7 Å². The quantitative estimate of drug-likeness (QED) is 0.864. The van der Waals surface area contributed by atoms with Gasteiger partial charge in [0.15, 0.2) is 5.84 Å². The molecule has 0 bridgehead atoms. The fourth-order valence-electron chi connectivity index (χ4n) is 3.41. The SMILES string of the molecule is CC1C(=O)NN=C2COc3cc(C4CC4)c(OC4CNC4)cc3N21. The van der Waals surface area contributed by atoms with Gasteiger partial charge in [-0.3, -0.25) is 4.79 Å². The van der Waals surface area contributed by atoms with E-state index in [1.807, 2.05) is 17.9 Å². The van der Waals surface area contributed by atoms with Gasteiger partial charge < -0.3 is 19.7 Å². The Morgan fingerprint density at radius 3 is 2.88 bits per heavy atom. The standard InChI is InChI=1S/C17H20N4O3/c1-9-17(22)20-19-16-8-23-15-4-12(10-2-3-10)14(5-13(15)21(9)16)24-11-6-18-7-11/h4-5,9-11,18H,2-3,6-8H2,1H3,(H,20,22). The molecule has 1 aromatic rings. The summed E-state index contributed by atoms with van der Waals surface area (Å²) in [4.78, 5) is 14.0. The predicted octanol–water partition coefficient (Wildman–Crippen LogP) is 0.945. The van der Waals surface area contributed by atoms with Crippen molar-refractivity contribution < 1.29 is 14.3 Å². The summed E-state index contributed by atoms with van der Waals surface area (Å²) in [5.41, 5.74) is 4.66. The maximum Gasteiger partial charge on any atom is 0.262 e. The smallest absolute Gasteiger partial charge is 0.262 e. The van der Waals surface area contributed by atoms with Crippen LogP contribution in [0.3, 0.4) is 0 Å². The van der Waals surface area contributed by atoms with Crippen LogP contribution < -0.4 is 25.1 Å². The summed E-state index contributed by atoms with van der Waals surface area (Å²) >= 11 is 0. The maximum atomic E-state index is 12.0. The van der Waals surface area contributed by atoms with Gasteiger partial charge in [-0.25, -0.2) is 5.43 Å². The average molecular weight is 328 g/mol. The molecular weight excluding hydrogens is 308 g/mol. The van der Waals surface area contributed by atoms with Gasteiger partial charge in [0.05, 0.1) is 5.69 Å². The number of anilines is 1. The number of carbonyl (C=O) groups is 1. The Bertz CT molecular complexity index is 740. The number of ether oxygens (including phenoxy) is 2. The van der Waals surface area contributed by atoms with E-state index in [4.69, 9.17) is 9.47 Å². The van der Waals surface area contributed by atoms with Gasteiger partial charge in [0.1, 0.15) is 30.3 Å². The van der Waals surface area contributed by atoms with E-state index in [-0.39, 0.29) is 18.1 Å². The Balaban J connectivity index is 1.58. The number of hydrazone groups is 1. The minimum absolute atomic E-state index is 0.108. The van der Waals surface area contributed by atoms with Gasteiger partial charge in [-0.15, -0.1) is 0 Å². The Labute approximate surface area is 140 Å². The number of nitrogens with zero attached hydrogens (tertiary/aromatic N) is 2. The largest absolute Gasteiger partial charge is 0.487 e. The average Bonchev–Trinajstić information content (AvgIpc) is 3.38. The first-order chi connectivity index (χ1) is 11.7. The molecule has 7 nitrogen and oxygen atoms in total. The number of benzene rings is 1. The minimum Gasteiger partial charge on any atom is -0.487 e. The van der Waals surface area contributed by atoms with Crippen LogP contribution in [0, 0.1) is 0 Å². The second-order valence-corrected chi connectivity index (χ2v) is 6.87. The van der Waals surface area contributed by atoms with Gasteiger partial charge in [-0.1, -0.05) is 0 Å². The third kappa shape index (κ3) is 2.15. The summed E-state index contributed by atoms with van der Waals surface area (Å²) in [7, 11) is 0. The molecule has 5 rings (SSSR count). The highest BCUT2D eigenvalue weighted by Gasteiger charge is 2.38. The molecule has 1 atom stereocenters. The number of carbonyl (C=O) groups excluding carboxylic acids is 1. The van der Waals surface area contributed by atoms with Crippen molar-refractivity contribution in [1.29, 1.82) is 0 Å². The third-order valence-electron chi connectivity index (χ3n) is 5.10. The molecule has 3 aliphatic heterocycles. The lowest BCUT2D eigenvalue weighted by atomic mass is 10.0. The Hall–Kier alpha value is -2.28. The molecule has 1 saturated carbocycles. The highest BCUT2D eigenvalue weighted by atomic mass is 16.5. The molecule has 24 heavy (non-hydrogen) atoms. The Morgan fingerprint density at radius 2 is 2.17 bits per heavy atom. The van der Waals surface area contributed by atoms with Crippen LogP contribution in [0.2, 0.25) is 0 Å². The van der Waals surface area contributed by atoms with E-state index in [1.54, 1.807) is 0 Å². The number of amides is 1. The molecule has 3 heterocycles.